The van der Waals surface area contributed by atoms with Gasteiger partial charge in [-0.15, -0.1) is 0 Å². The van der Waals surface area contributed by atoms with Gasteiger partial charge in [0.05, 0.1) is 5.41 Å². The maximum atomic E-state index is 13.2. The first kappa shape index (κ1) is 14.8. The minimum absolute atomic E-state index is 0.194. The van der Waals surface area contributed by atoms with E-state index in [-0.39, 0.29) is 18.4 Å². The van der Waals surface area contributed by atoms with Crippen LogP contribution in [0.1, 0.15) is 36.8 Å². The lowest BCUT2D eigenvalue weighted by Gasteiger charge is -2.27. The van der Waals surface area contributed by atoms with Crippen LogP contribution in [-0.4, -0.2) is 5.97 Å². The second-order valence-corrected chi connectivity index (χ2v) is 5.86. The average molecular weight is 298 g/mol. The van der Waals surface area contributed by atoms with Gasteiger partial charge in [-0.25, -0.2) is 4.39 Å². The number of carbonyl (C=O) groups excluding carboxylic acids is 1. The average Bonchev–Trinajstić information content (AvgIpc) is 3.05. The largest absolute Gasteiger partial charge is 0.460 e. The molecule has 3 heteroatoms. The third-order valence-corrected chi connectivity index (χ3v) is 4.46. The molecule has 2 aromatic rings. The van der Waals surface area contributed by atoms with Gasteiger partial charge in [0.25, 0.3) is 0 Å². The van der Waals surface area contributed by atoms with Crippen LogP contribution < -0.4 is 0 Å². The molecule has 0 spiro atoms. The first-order chi connectivity index (χ1) is 10.7. The van der Waals surface area contributed by atoms with E-state index in [4.69, 9.17) is 4.74 Å². The van der Waals surface area contributed by atoms with Gasteiger partial charge in [-0.05, 0) is 36.1 Å². The molecule has 0 unspecified atom stereocenters. The quantitative estimate of drug-likeness (QED) is 0.783. The first-order valence-corrected chi connectivity index (χ1v) is 7.68. The van der Waals surface area contributed by atoms with Crippen LogP contribution in [0.15, 0.2) is 54.6 Å². The van der Waals surface area contributed by atoms with E-state index in [9.17, 15) is 9.18 Å². The zero-order valence-corrected chi connectivity index (χ0v) is 12.4. The van der Waals surface area contributed by atoms with E-state index in [2.05, 4.69) is 0 Å². The summed E-state index contributed by atoms with van der Waals surface area (Å²) in [7, 11) is 0. The number of hydrogen-bond donors (Lipinski definition) is 0. The van der Waals surface area contributed by atoms with Crippen molar-refractivity contribution in [3.63, 3.8) is 0 Å². The van der Waals surface area contributed by atoms with Crippen molar-refractivity contribution in [2.45, 2.75) is 37.7 Å². The SMILES string of the molecule is O=C(OCc1ccccc1)C1(c2ccc(F)cc2)CCCC1. The Balaban J connectivity index is 1.78. The van der Waals surface area contributed by atoms with Crippen molar-refractivity contribution < 1.29 is 13.9 Å². The van der Waals surface area contributed by atoms with Gasteiger partial charge in [0.2, 0.25) is 0 Å². The highest BCUT2D eigenvalue weighted by molar-refractivity contribution is 5.83. The molecule has 0 amide bonds. The molecule has 114 valence electrons. The predicted octanol–water partition coefficient (Wildman–Crippen LogP) is 4.38. The maximum absolute atomic E-state index is 13.2. The summed E-state index contributed by atoms with van der Waals surface area (Å²) in [4.78, 5) is 12.7. The lowest BCUT2D eigenvalue weighted by molar-refractivity contribution is -0.152. The molecule has 2 nitrogen and oxygen atoms in total. The van der Waals surface area contributed by atoms with E-state index in [0.29, 0.717) is 0 Å². The van der Waals surface area contributed by atoms with Crippen LogP contribution in [0.25, 0.3) is 0 Å². The molecule has 1 aliphatic carbocycles. The maximum Gasteiger partial charge on any atom is 0.316 e. The van der Waals surface area contributed by atoms with E-state index in [1.54, 1.807) is 12.1 Å². The fourth-order valence-electron chi connectivity index (χ4n) is 3.22. The Hall–Kier alpha value is -2.16. The molecule has 1 fully saturated rings. The number of hydrogen-bond acceptors (Lipinski definition) is 2. The summed E-state index contributed by atoms with van der Waals surface area (Å²) in [6.07, 6.45) is 3.54. The van der Waals surface area contributed by atoms with E-state index in [1.165, 1.54) is 12.1 Å². The molecule has 0 heterocycles. The Kier molecular flexibility index (Phi) is 4.23. The predicted molar refractivity (Wildman–Crippen MR) is 82.8 cm³/mol. The van der Waals surface area contributed by atoms with Gasteiger partial charge in [-0.1, -0.05) is 55.3 Å². The highest BCUT2D eigenvalue weighted by Gasteiger charge is 2.44. The molecule has 0 N–H and O–H groups in total. The molecule has 1 saturated carbocycles. The van der Waals surface area contributed by atoms with Crippen LogP contribution in [0.4, 0.5) is 4.39 Å². The lowest BCUT2D eigenvalue weighted by atomic mass is 9.79. The minimum atomic E-state index is -0.609. The number of rotatable bonds is 4. The fraction of sp³-hybridized carbons (Fsp3) is 0.316. The van der Waals surface area contributed by atoms with Crippen LogP contribution in [-0.2, 0) is 21.6 Å². The van der Waals surface area contributed by atoms with Crippen molar-refractivity contribution >= 4 is 5.97 Å². The van der Waals surface area contributed by atoms with Crippen LogP contribution in [0.3, 0.4) is 0 Å². The smallest absolute Gasteiger partial charge is 0.316 e. The van der Waals surface area contributed by atoms with Gasteiger partial charge in [0, 0.05) is 0 Å². The Morgan fingerprint density at radius 2 is 1.64 bits per heavy atom. The molecule has 0 radical (unpaired) electrons. The molecule has 0 bridgehead atoms. The van der Waals surface area contributed by atoms with Crippen LogP contribution >= 0.6 is 0 Å². The van der Waals surface area contributed by atoms with Crippen molar-refractivity contribution in [2.24, 2.45) is 0 Å². The number of carbonyl (C=O) groups is 1. The number of esters is 1. The molecule has 2 aromatic carbocycles. The van der Waals surface area contributed by atoms with Crippen molar-refractivity contribution in [3.05, 3.63) is 71.5 Å². The molecule has 0 aromatic heterocycles. The van der Waals surface area contributed by atoms with Crippen molar-refractivity contribution in [2.75, 3.05) is 0 Å². The summed E-state index contributed by atoms with van der Waals surface area (Å²) in [6, 6.07) is 15.9. The van der Waals surface area contributed by atoms with Gasteiger partial charge in [0.1, 0.15) is 12.4 Å². The van der Waals surface area contributed by atoms with Gasteiger partial charge in [-0.3, -0.25) is 4.79 Å². The molecule has 0 atom stereocenters. The van der Waals surface area contributed by atoms with Gasteiger partial charge in [-0.2, -0.15) is 0 Å². The second kappa shape index (κ2) is 6.30. The third-order valence-electron chi connectivity index (χ3n) is 4.46. The molecule has 3 rings (SSSR count). The normalized spacial score (nSPS) is 16.4. The van der Waals surface area contributed by atoms with Gasteiger partial charge >= 0.3 is 5.97 Å². The van der Waals surface area contributed by atoms with Crippen LogP contribution in [0.2, 0.25) is 0 Å². The van der Waals surface area contributed by atoms with E-state index in [1.807, 2.05) is 30.3 Å². The summed E-state index contributed by atoms with van der Waals surface area (Å²) in [5.41, 5.74) is 1.23. The summed E-state index contributed by atoms with van der Waals surface area (Å²) in [5.74, 6) is -0.477. The lowest BCUT2D eigenvalue weighted by Crippen LogP contribution is -2.34. The highest BCUT2D eigenvalue weighted by atomic mass is 19.1. The Bertz CT molecular complexity index is 628. The summed E-state index contributed by atoms with van der Waals surface area (Å²) in [6.45, 7) is 0.280. The van der Waals surface area contributed by atoms with Crippen molar-refractivity contribution in [1.29, 1.82) is 0 Å². The fourth-order valence-corrected chi connectivity index (χ4v) is 3.22. The molecule has 0 saturated heterocycles. The van der Waals surface area contributed by atoms with Crippen LogP contribution in [0.5, 0.6) is 0 Å². The second-order valence-electron chi connectivity index (χ2n) is 5.86. The van der Waals surface area contributed by atoms with Crippen molar-refractivity contribution in [3.8, 4) is 0 Å². The summed E-state index contributed by atoms with van der Waals surface area (Å²) in [5, 5.41) is 0. The zero-order valence-electron chi connectivity index (χ0n) is 12.4. The number of ether oxygens (including phenoxy) is 1. The van der Waals surface area contributed by atoms with Crippen molar-refractivity contribution in [1.82, 2.24) is 0 Å². The van der Waals surface area contributed by atoms with E-state index >= 15 is 0 Å². The molecular weight excluding hydrogens is 279 g/mol. The van der Waals surface area contributed by atoms with E-state index in [0.717, 1.165) is 36.8 Å². The summed E-state index contributed by atoms with van der Waals surface area (Å²) < 4.78 is 18.7. The Labute approximate surface area is 129 Å². The summed E-state index contributed by atoms with van der Waals surface area (Å²) >= 11 is 0. The van der Waals surface area contributed by atoms with Gasteiger partial charge < -0.3 is 4.74 Å². The highest BCUT2D eigenvalue weighted by Crippen LogP contribution is 2.42. The first-order valence-electron chi connectivity index (χ1n) is 7.68. The van der Waals surface area contributed by atoms with Gasteiger partial charge in [0.15, 0.2) is 0 Å². The standard InChI is InChI=1S/C19H19FO2/c20-17-10-8-16(9-11-17)19(12-4-5-13-19)18(21)22-14-15-6-2-1-3-7-15/h1-3,6-11H,4-5,12-14H2. The molecule has 22 heavy (non-hydrogen) atoms. The monoisotopic (exact) mass is 298 g/mol. The van der Waals surface area contributed by atoms with E-state index < -0.39 is 5.41 Å². The molecular formula is C19H19FO2. The number of halogens is 1. The minimum Gasteiger partial charge on any atom is -0.460 e. The Morgan fingerprint density at radius 3 is 2.27 bits per heavy atom. The molecule has 0 aliphatic heterocycles. The Morgan fingerprint density at radius 1 is 1.00 bits per heavy atom. The topological polar surface area (TPSA) is 26.3 Å². The molecule has 1 aliphatic rings. The number of benzene rings is 2. The third kappa shape index (κ3) is 2.89. The van der Waals surface area contributed by atoms with Crippen LogP contribution in [0, 0.1) is 5.82 Å². The zero-order chi connectivity index (χ0) is 15.4.